The minimum Gasteiger partial charge on any atom is -0.430 e. The van der Waals surface area contributed by atoms with E-state index < -0.39 is 29.8 Å². The van der Waals surface area contributed by atoms with E-state index >= 15 is 0 Å². The summed E-state index contributed by atoms with van der Waals surface area (Å²) < 4.78 is 36.7. The zero-order valence-electron chi connectivity index (χ0n) is 18.8. The van der Waals surface area contributed by atoms with Crippen molar-refractivity contribution in [3.05, 3.63) is 77.2 Å². The summed E-state index contributed by atoms with van der Waals surface area (Å²) in [5, 5.41) is 8.70. The average molecular weight is 478 g/mol. The van der Waals surface area contributed by atoms with Crippen molar-refractivity contribution in [2.24, 2.45) is 7.05 Å². The average Bonchev–Trinajstić information content (AvgIpc) is 3.62. The lowest BCUT2D eigenvalue weighted by Gasteiger charge is -2.33. The second-order valence-corrected chi connectivity index (χ2v) is 8.44. The number of halogens is 2. The number of fused-ring (bicyclic) bond motifs is 2. The molecule has 0 spiro atoms. The highest BCUT2D eigenvalue weighted by molar-refractivity contribution is 5.93. The summed E-state index contributed by atoms with van der Waals surface area (Å²) in [6, 6.07) is 5.05. The molecule has 0 saturated carbocycles. The molecule has 0 unspecified atom stereocenters. The van der Waals surface area contributed by atoms with Gasteiger partial charge in [0.05, 0.1) is 35.0 Å². The van der Waals surface area contributed by atoms with Crippen molar-refractivity contribution >= 4 is 11.4 Å². The molecular formula is C23H20F2N8O2. The topological polar surface area (TPSA) is 110 Å². The van der Waals surface area contributed by atoms with Crippen molar-refractivity contribution < 1.29 is 18.0 Å². The first-order valence-corrected chi connectivity index (χ1v) is 11.0. The van der Waals surface area contributed by atoms with Gasteiger partial charge in [-0.2, -0.15) is 10.2 Å². The van der Waals surface area contributed by atoms with Gasteiger partial charge in [-0.1, -0.05) is 6.07 Å². The van der Waals surface area contributed by atoms with E-state index in [0.717, 1.165) is 16.8 Å². The molecule has 6 heterocycles. The fraction of sp³-hybridized carbons (Fsp3) is 0.261. The summed E-state index contributed by atoms with van der Waals surface area (Å²) in [7, 11) is 1.68. The highest BCUT2D eigenvalue weighted by Crippen LogP contribution is 2.37. The number of H-pyrrole nitrogens is 1. The number of aromatic nitrogens is 7. The predicted octanol–water partition coefficient (Wildman–Crippen LogP) is 3.48. The predicted molar refractivity (Wildman–Crippen MR) is 119 cm³/mol. The Labute approximate surface area is 197 Å². The summed E-state index contributed by atoms with van der Waals surface area (Å²) in [6.45, 7) is 2.23. The molecule has 5 aromatic heterocycles. The van der Waals surface area contributed by atoms with Gasteiger partial charge in [-0.05, 0) is 24.6 Å². The molecule has 1 aliphatic heterocycles. The number of pyridine rings is 1. The van der Waals surface area contributed by atoms with Gasteiger partial charge in [0.15, 0.2) is 5.69 Å². The van der Waals surface area contributed by atoms with Gasteiger partial charge in [-0.25, -0.2) is 23.3 Å². The quantitative estimate of drug-likeness (QED) is 0.424. The van der Waals surface area contributed by atoms with E-state index in [0.29, 0.717) is 23.4 Å². The molecule has 1 N–H and O–H groups in total. The summed E-state index contributed by atoms with van der Waals surface area (Å²) in [6.07, 6.45) is 3.88. The van der Waals surface area contributed by atoms with E-state index in [9.17, 15) is 13.6 Å². The van der Waals surface area contributed by atoms with Crippen LogP contribution in [0.3, 0.4) is 0 Å². The highest BCUT2D eigenvalue weighted by Gasteiger charge is 2.40. The summed E-state index contributed by atoms with van der Waals surface area (Å²) >= 11 is 0. The van der Waals surface area contributed by atoms with Gasteiger partial charge in [0.2, 0.25) is 11.7 Å². The van der Waals surface area contributed by atoms with Gasteiger partial charge >= 0.3 is 0 Å². The lowest BCUT2D eigenvalue weighted by molar-refractivity contribution is 0.0640. The Morgan fingerprint density at radius 1 is 1.34 bits per heavy atom. The van der Waals surface area contributed by atoms with Crippen molar-refractivity contribution in [1.29, 1.82) is 0 Å². The zero-order chi connectivity index (χ0) is 24.3. The maximum absolute atomic E-state index is 13.9. The molecule has 1 aliphatic rings. The van der Waals surface area contributed by atoms with Crippen LogP contribution >= 0.6 is 0 Å². The largest absolute Gasteiger partial charge is 0.430 e. The smallest absolute Gasteiger partial charge is 0.292 e. The number of hydrogen-bond acceptors (Lipinski definition) is 6. The van der Waals surface area contributed by atoms with Crippen LogP contribution in [0.2, 0.25) is 0 Å². The van der Waals surface area contributed by atoms with Crippen LogP contribution in [0, 0.1) is 6.92 Å². The van der Waals surface area contributed by atoms with Crippen LogP contribution in [0.5, 0.6) is 0 Å². The van der Waals surface area contributed by atoms with Crippen LogP contribution in [0.25, 0.3) is 17.0 Å². The van der Waals surface area contributed by atoms with Gasteiger partial charge in [0.1, 0.15) is 6.04 Å². The number of carbonyl (C=O) groups is 1. The number of aryl methyl sites for hydroxylation is 2. The molecule has 10 nitrogen and oxygen atoms in total. The SMILES string of the molecule is Cc1cccn2nc([C@H]3c4nc[nH]c4CCN3C(=O)c3oc(-c4cnn(C)c4)nc3C(F)F)cc12. The van der Waals surface area contributed by atoms with E-state index in [-0.39, 0.29) is 12.4 Å². The highest BCUT2D eigenvalue weighted by atomic mass is 19.3. The van der Waals surface area contributed by atoms with E-state index in [4.69, 9.17) is 4.42 Å². The standard InChI is InChI=1S/C23H20F2N8O2/c1-12-4-3-6-33-16(12)8-15(30-33)19-17-14(26-11-27-17)5-7-32(19)23(34)20-18(21(24)25)29-22(35-20)13-9-28-31(2)10-13/h3-4,6,8-11,19,21H,5,7H2,1-2H3,(H,26,27)/t19-/m0/s1. The minimum atomic E-state index is -3.00. The number of rotatable bonds is 4. The fourth-order valence-electron chi connectivity index (χ4n) is 4.52. The van der Waals surface area contributed by atoms with E-state index in [1.807, 2.05) is 31.3 Å². The van der Waals surface area contributed by atoms with E-state index in [1.54, 1.807) is 24.1 Å². The third-order valence-electron chi connectivity index (χ3n) is 6.20. The maximum Gasteiger partial charge on any atom is 0.292 e. The zero-order valence-corrected chi connectivity index (χ0v) is 18.8. The molecule has 35 heavy (non-hydrogen) atoms. The molecule has 5 aromatic rings. The third kappa shape index (κ3) is 3.40. The van der Waals surface area contributed by atoms with Crippen molar-refractivity contribution in [3.63, 3.8) is 0 Å². The van der Waals surface area contributed by atoms with Gasteiger partial charge in [0, 0.05) is 38.1 Å². The van der Waals surface area contributed by atoms with Crippen LogP contribution < -0.4 is 0 Å². The van der Waals surface area contributed by atoms with Gasteiger partial charge in [0.25, 0.3) is 12.3 Å². The number of nitrogens with one attached hydrogen (secondary N) is 1. The number of hydrogen-bond donors (Lipinski definition) is 1. The monoisotopic (exact) mass is 478 g/mol. The number of imidazole rings is 1. The Hall–Kier alpha value is -4.35. The molecule has 0 aromatic carbocycles. The first-order valence-electron chi connectivity index (χ1n) is 11.0. The van der Waals surface area contributed by atoms with Crippen molar-refractivity contribution in [1.82, 2.24) is 39.2 Å². The second kappa shape index (κ2) is 7.86. The number of alkyl halides is 2. The Morgan fingerprint density at radius 3 is 2.94 bits per heavy atom. The van der Waals surface area contributed by atoms with Crippen LogP contribution in [-0.4, -0.2) is 51.7 Å². The molecule has 0 bridgehead atoms. The second-order valence-electron chi connectivity index (χ2n) is 8.44. The number of oxazole rings is 1. The van der Waals surface area contributed by atoms with Crippen molar-refractivity contribution in [3.8, 4) is 11.5 Å². The van der Waals surface area contributed by atoms with E-state index in [1.165, 1.54) is 15.8 Å². The molecule has 0 aliphatic carbocycles. The Morgan fingerprint density at radius 2 is 2.20 bits per heavy atom. The fourth-order valence-corrected chi connectivity index (χ4v) is 4.52. The molecule has 0 radical (unpaired) electrons. The number of nitrogens with zero attached hydrogens (tertiary/aromatic N) is 7. The number of amides is 1. The molecule has 1 atom stereocenters. The lowest BCUT2D eigenvalue weighted by Crippen LogP contribution is -2.41. The Bertz CT molecular complexity index is 1560. The lowest BCUT2D eigenvalue weighted by atomic mass is 9.99. The summed E-state index contributed by atoms with van der Waals surface area (Å²) in [4.78, 5) is 26.7. The first-order chi connectivity index (χ1) is 16.9. The maximum atomic E-state index is 13.9. The Balaban J connectivity index is 1.46. The van der Waals surface area contributed by atoms with Crippen LogP contribution in [0.1, 0.15) is 51.4 Å². The van der Waals surface area contributed by atoms with Gasteiger partial charge in [-0.3, -0.25) is 9.48 Å². The number of aromatic amines is 1. The molecular weight excluding hydrogens is 458 g/mol. The summed E-state index contributed by atoms with van der Waals surface area (Å²) in [5.41, 5.74) is 3.65. The molecule has 1 amide bonds. The molecule has 12 heteroatoms. The Kier molecular flexibility index (Phi) is 4.76. The first kappa shape index (κ1) is 21.2. The minimum absolute atomic E-state index is 0.0888. The third-order valence-corrected chi connectivity index (χ3v) is 6.20. The normalized spacial score (nSPS) is 15.8. The van der Waals surface area contributed by atoms with Gasteiger partial charge < -0.3 is 14.3 Å². The molecule has 0 saturated heterocycles. The van der Waals surface area contributed by atoms with Crippen molar-refractivity contribution in [2.45, 2.75) is 25.8 Å². The van der Waals surface area contributed by atoms with E-state index in [2.05, 4.69) is 25.1 Å². The van der Waals surface area contributed by atoms with Crippen molar-refractivity contribution in [2.75, 3.05) is 6.54 Å². The molecule has 178 valence electrons. The van der Waals surface area contributed by atoms with Crippen LogP contribution in [0.15, 0.2) is 47.5 Å². The summed E-state index contributed by atoms with van der Waals surface area (Å²) in [5.74, 6) is -1.28. The molecule has 6 rings (SSSR count). The number of carbonyl (C=O) groups excluding carboxylic acids is 1. The van der Waals surface area contributed by atoms with Gasteiger partial charge in [-0.15, -0.1) is 0 Å². The van der Waals surface area contributed by atoms with Crippen LogP contribution in [0.4, 0.5) is 8.78 Å². The van der Waals surface area contributed by atoms with Crippen LogP contribution in [-0.2, 0) is 13.5 Å². The molecule has 0 fully saturated rings.